The molecule has 5 rings (SSSR count). The van der Waals surface area contributed by atoms with E-state index >= 15 is 0 Å². The molecule has 1 saturated heterocycles. The molecule has 38 heavy (non-hydrogen) atoms. The first kappa shape index (κ1) is 26.4. The van der Waals surface area contributed by atoms with Crippen molar-refractivity contribution in [3.05, 3.63) is 71.5 Å². The summed E-state index contributed by atoms with van der Waals surface area (Å²) >= 11 is 0. The predicted octanol–water partition coefficient (Wildman–Crippen LogP) is 4.85. The number of aromatic nitrogens is 1. The number of aliphatic hydroxyl groups is 1. The number of amides is 1. The van der Waals surface area contributed by atoms with Crippen LogP contribution < -0.4 is 5.32 Å². The van der Waals surface area contributed by atoms with Gasteiger partial charge in [-0.15, -0.1) is 0 Å². The van der Waals surface area contributed by atoms with E-state index in [9.17, 15) is 19.5 Å². The minimum Gasteiger partial charge on any atom is -0.385 e. The third-order valence-electron chi connectivity index (χ3n) is 9.17. The topological polar surface area (TPSA) is 99.3 Å². The Balaban J connectivity index is 1.58. The Hall–Kier alpha value is -3.25. The summed E-state index contributed by atoms with van der Waals surface area (Å²) in [5.41, 5.74) is 2.58. The number of hydrogen-bond acceptors (Lipinski definition) is 4. The molecule has 1 amide bonds. The number of Topliss-reactive ketones (excluding diaryl/α,β-unsaturated/α-hetero) is 2. The first-order valence-corrected chi connectivity index (χ1v) is 13.8. The van der Waals surface area contributed by atoms with Crippen molar-refractivity contribution in [1.29, 1.82) is 0 Å². The molecule has 2 aliphatic carbocycles. The van der Waals surface area contributed by atoms with Crippen molar-refractivity contribution in [2.75, 3.05) is 0 Å². The zero-order chi connectivity index (χ0) is 27.2. The second kappa shape index (κ2) is 10.1. The van der Waals surface area contributed by atoms with E-state index in [1.165, 1.54) is 5.57 Å². The lowest BCUT2D eigenvalue weighted by Gasteiger charge is -2.44. The Labute approximate surface area is 224 Å². The third-order valence-corrected chi connectivity index (χ3v) is 9.17. The molecule has 200 valence electrons. The van der Waals surface area contributed by atoms with E-state index in [1.54, 1.807) is 6.92 Å². The van der Waals surface area contributed by atoms with Gasteiger partial charge >= 0.3 is 0 Å². The smallest absolute Gasteiger partial charge is 0.235 e. The highest BCUT2D eigenvalue weighted by molar-refractivity contribution is 6.09. The van der Waals surface area contributed by atoms with Gasteiger partial charge in [-0.25, -0.2) is 0 Å². The number of hydrogen-bond donors (Lipinski definition) is 3. The van der Waals surface area contributed by atoms with Crippen LogP contribution >= 0.6 is 0 Å². The number of nitrogens with one attached hydrogen (secondary N) is 2. The summed E-state index contributed by atoms with van der Waals surface area (Å²) in [6, 6.07) is 7.90. The Morgan fingerprint density at radius 1 is 1.08 bits per heavy atom. The zero-order valence-electron chi connectivity index (χ0n) is 22.7. The Morgan fingerprint density at radius 3 is 2.63 bits per heavy atom. The number of benzene rings is 1. The maximum Gasteiger partial charge on any atom is 0.235 e. The molecule has 7 atom stereocenters. The van der Waals surface area contributed by atoms with Crippen molar-refractivity contribution >= 4 is 28.4 Å². The first-order valence-electron chi connectivity index (χ1n) is 13.8. The molecule has 0 unspecified atom stereocenters. The van der Waals surface area contributed by atoms with Crippen LogP contribution in [0.25, 0.3) is 10.9 Å². The standard InChI is InChI=1S/C32H38N2O4/c1-18-8-7-9-23-15-19(2)21(4)29-26(16-22-17-33-25-11-6-5-10-24(22)25)34-31(38)32(23,29)28(36)13-12-27(35)30(37)20(3)14-18/h5-7,9-11,14-15,17-18,21,23,26-27,29,33,35H,8,12-13,16H2,1-4H3,(H,34,38)/b9-7-,20-14-/t18-,21+,23-,26-,27-,29-,32+/m0/s1. The molecule has 6 nitrogen and oxygen atoms in total. The number of carbonyl (C=O) groups excluding carboxylic acids is 3. The highest BCUT2D eigenvalue weighted by atomic mass is 16.3. The summed E-state index contributed by atoms with van der Waals surface area (Å²) in [4.78, 5) is 44.3. The quantitative estimate of drug-likeness (QED) is 0.394. The van der Waals surface area contributed by atoms with Crippen molar-refractivity contribution in [2.45, 2.75) is 65.5 Å². The van der Waals surface area contributed by atoms with Gasteiger partial charge in [0.05, 0.1) is 0 Å². The van der Waals surface area contributed by atoms with Crippen LogP contribution in [0.3, 0.4) is 0 Å². The molecule has 1 fully saturated rings. The zero-order valence-corrected chi connectivity index (χ0v) is 22.7. The van der Waals surface area contributed by atoms with Crippen molar-refractivity contribution in [3.63, 3.8) is 0 Å². The van der Waals surface area contributed by atoms with Gasteiger partial charge in [-0.3, -0.25) is 14.4 Å². The second-order valence-corrected chi connectivity index (χ2v) is 11.6. The monoisotopic (exact) mass is 514 g/mol. The molecule has 1 aliphatic heterocycles. The highest BCUT2D eigenvalue weighted by Gasteiger charge is 2.65. The molecule has 0 bridgehead atoms. The molecule has 1 aromatic carbocycles. The number of aromatic amines is 1. The molecule has 3 aliphatic rings. The SMILES string of the molecule is CC1=C[C@@H]2/C=C\C[C@H](C)/C=C(/C)C(=O)[C@@H](O)CCC(=O)[C@]23C(=O)N[C@@H](Cc2c[nH]c4ccccc24)[C@@H]3[C@@H]1C. The van der Waals surface area contributed by atoms with Crippen molar-refractivity contribution in [3.8, 4) is 0 Å². The number of fused-ring (bicyclic) bond motifs is 1. The lowest BCUT2D eigenvalue weighted by atomic mass is 9.54. The number of carbonyl (C=O) groups is 3. The maximum absolute atomic E-state index is 14.2. The average Bonchev–Trinajstić information content (AvgIpc) is 3.43. The molecule has 2 heterocycles. The van der Waals surface area contributed by atoms with Gasteiger partial charge in [-0.2, -0.15) is 0 Å². The third kappa shape index (κ3) is 4.29. The van der Waals surface area contributed by atoms with Crippen LogP contribution in [0.2, 0.25) is 0 Å². The van der Waals surface area contributed by atoms with Crippen LogP contribution in [0.5, 0.6) is 0 Å². The van der Waals surface area contributed by atoms with Gasteiger partial charge in [0.15, 0.2) is 5.78 Å². The number of H-pyrrole nitrogens is 1. The predicted molar refractivity (Wildman–Crippen MR) is 148 cm³/mol. The van der Waals surface area contributed by atoms with Crippen LogP contribution in [0.1, 0.15) is 52.5 Å². The number of para-hydroxylation sites is 1. The number of rotatable bonds is 2. The van der Waals surface area contributed by atoms with Crippen LogP contribution in [0.15, 0.2) is 65.9 Å². The van der Waals surface area contributed by atoms with Crippen molar-refractivity contribution < 1.29 is 19.5 Å². The van der Waals surface area contributed by atoms with Gasteiger partial charge in [0.2, 0.25) is 5.91 Å². The lowest BCUT2D eigenvalue weighted by Crippen LogP contribution is -2.52. The van der Waals surface area contributed by atoms with Crippen LogP contribution in [0, 0.1) is 29.1 Å². The second-order valence-electron chi connectivity index (χ2n) is 11.6. The molecule has 1 spiro atoms. The average molecular weight is 515 g/mol. The van der Waals surface area contributed by atoms with Crippen LogP contribution in [-0.2, 0) is 20.8 Å². The Bertz CT molecular complexity index is 1360. The fourth-order valence-electron chi connectivity index (χ4n) is 7.12. The summed E-state index contributed by atoms with van der Waals surface area (Å²) in [6.45, 7) is 7.95. The van der Waals surface area contributed by atoms with Crippen molar-refractivity contribution in [2.24, 2.45) is 29.1 Å². The van der Waals surface area contributed by atoms with Gasteiger partial charge < -0.3 is 15.4 Å². The van der Waals surface area contributed by atoms with E-state index in [4.69, 9.17) is 0 Å². The van der Waals surface area contributed by atoms with Crippen LogP contribution in [-0.4, -0.2) is 39.7 Å². The highest BCUT2D eigenvalue weighted by Crippen LogP contribution is 2.55. The van der Waals surface area contributed by atoms with E-state index in [2.05, 4.69) is 36.3 Å². The van der Waals surface area contributed by atoms with Crippen molar-refractivity contribution in [1.82, 2.24) is 10.3 Å². The summed E-state index contributed by atoms with van der Waals surface area (Å²) in [5, 5.41) is 15.0. The molecule has 2 aromatic rings. The van der Waals surface area contributed by atoms with E-state index < -0.39 is 11.5 Å². The summed E-state index contributed by atoms with van der Waals surface area (Å²) < 4.78 is 0. The molecule has 3 N–H and O–H groups in total. The summed E-state index contributed by atoms with van der Waals surface area (Å²) in [5.74, 6) is -1.29. The molecule has 0 saturated carbocycles. The number of allylic oxidation sites excluding steroid dienone is 5. The van der Waals surface area contributed by atoms with E-state index in [-0.39, 0.29) is 60.0 Å². The fraction of sp³-hybridized carbons (Fsp3) is 0.469. The fourth-order valence-corrected chi connectivity index (χ4v) is 7.12. The van der Waals surface area contributed by atoms with Gasteiger partial charge in [-0.1, -0.05) is 61.9 Å². The summed E-state index contributed by atoms with van der Waals surface area (Å²) in [7, 11) is 0. The number of ketones is 2. The lowest BCUT2D eigenvalue weighted by molar-refractivity contribution is -0.145. The summed E-state index contributed by atoms with van der Waals surface area (Å²) in [6.07, 6.45) is 10.1. The van der Waals surface area contributed by atoms with Gasteiger partial charge in [0, 0.05) is 41.4 Å². The maximum atomic E-state index is 14.2. The molecule has 1 aromatic heterocycles. The van der Waals surface area contributed by atoms with Crippen LogP contribution in [0.4, 0.5) is 0 Å². The Kier molecular flexibility index (Phi) is 7.03. The largest absolute Gasteiger partial charge is 0.385 e. The van der Waals surface area contributed by atoms with Gasteiger partial charge in [0.25, 0.3) is 0 Å². The first-order chi connectivity index (χ1) is 18.1. The van der Waals surface area contributed by atoms with Gasteiger partial charge in [0.1, 0.15) is 17.3 Å². The Morgan fingerprint density at radius 2 is 1.84 bits per heavy atom. The molecular weight excluding hydrogens is 476 g/mol. The number of aliphatic hydroxyl groups excluding tert-OH is 1. The molecule has 0 radical (unpaired) electrons. The van der Waals surface area contributed by atoms with E-state index in [0.29, 0.717) is 18.4 Å². The van der Waals surface area contributed by atoms with E-state index in [0.717, 1.165) is 16.5 Å². The van der Waals surface area contributed by atoms with Gasteiger partial charge in [-0.05, 0) is 62.1 Å². The normalized spacial score (nSPS) is 36.6. The van der Waals surface area contributed by atoms with E-state index in [1.807, 2.05) is 49.5 Å². The molecule has 6 heteroatoms. The minimum atomic E-state index is -1.27. The minimum absolute atomic E-state index is 0.0135. The molecular formula is C32H38N2O4.